The number of fused-ring (bicyclic) bond motifs is 2. The molecule has 2 fully saturated rings. The Morgan fingerprint density at radius 1 is 1.12 bits per heavy atom. The summed E-state index contributed by atoms with van der Waals surface area (Å²) in [6.45, 7) is 0. The molecule has 24 heavy (non-hydrogen) atoms. The van der Waals surface area contributed by atoms with Crippen LogP contribution in [0.5, 0.6) is 0 Å². The molecule has 2 atom stereocenters. The van der Waals surface area contributed by atoms with E-state index in [1.807, 2.05) is 0 Å². The van der Waals surface area contributed by atoms with E-state index in [1.165, 1.54) is 0 Å². The lowest BCUT2D eigenvalue weighted by Crippen LogP contribution is -2.47. The Labute approximate surface area is 149 Å². The first-order valence-corrected chi connectivity index (χ1v) is 9.16. The van der Waals surface area contributed by atoms with E-state index < -0.39 is 26.7 Å². The average molecular weight is 405 g/mol. The number of hydrogen-bond acceptors (Lipinski definition) is 3. The first-order valence-electron chi connectivity index (χ1n) is 7.30. The van der Waals surface area contributed by atoms with Crippen LogP contribution in [0, 0.1) is 0 Å². The molecule has 136 valence electrons. The molecular weight excluding hydrogens is 388 g/mol. The minimum absolute atomic E-state index is 0. The highest BCUT2D eigenvalue weighted by Crippen LogP contribution is 2.33. The van der Waals surface area contributed by atoms with E-state index in [1.54, 1.807) is 0 Å². The molecule has 2 bridgehead atoms. The highest BCUT2D eigenvalue weighted by molar-refractivity contribution is 7.89. The van der Waals surface area contributed by atoms with Gasteiger partial charge in [0.25, 0.3) is 0 Å². The number of nitrogens with one attached hydrogen (secondary N) is 2. The molecule has 2 N–H and O–H groups in total. The van der Waals surface area contributed by atoms with Gasteiger partial charge in [-0.2, -0.15) is 13.2 Å². The number of rotatable bonds is 3. The second-order valence-corrected chi connectivity index (χ2v) is 8.25. The lowest BCUT2D eigenvalue weighted by Gasteiger charge is -2.29. The molecule has 1 aromatic carbocycles. The summed E-state index contributed by atoms with van der Waals surface area (Å²) in [6.07, 6.45) is -1.37. The van der Waals surface area contributed by atoms with Gasteiger partial charge in [0.15, 0.2) is 0 Å². The van der Waals surface area contributed by atoms with Gasteiger partial charge in [0.2, 0.25) is 10.0 Å². The molecule has 2 aliphatic rings. The molecule has 2 saturated heterocycles. The number of piperidine rings is 1. The van der Waals surface area contributed by atoms with Gasteiger partial charge in [-0.05, 0) is 43.9 Å². The smallest absolute Gasteiger partial charge is 0.311 e. The molecule has 0 spiro atoms. The van der Waals surface area contributed by atoms with Gasteiger partial charge in [-0.3, -0.25) is 0 Å². The Hall–Kier alpha value is -0.540. The Balaban J connectivity index is 0.00000208. The number of hydrogen-bond donors (Lipinski definition) is 2. The van der Waals surface area contributed by atoms with Crippen molar-refractivity contribution in [3.8, 4) is 0 Å². The van der Waals surface area contributed by atoms with Crippen molar-refractivity contribution in [3.05, 3.63) is 28.8 Å². The third kappa shape index (κ3) is 4.35. The SMILES string of the molecule is Cl.O=S(=O)(NC1CC2CCC(C1)N2)c1cc(Cl)cc(C(F)(F)F)c1. The van der Waals surface area contributed by atoms with Crippen molar-refractivity contribution in [2.75, 3.05) is 0 Å². The fraction of sp³-hybridized carbons (Fsp3) is 0.571. The zero-order valence-corrected chi connectivity index (χ0v) is 14.8. The molecule has 2 heterocycles. The van der Waals surface area contributed by atoms with Crippen molar-refractivity contribution < 1.29 is 21.6 Å². The number of sulfonamides is 1. The molecule has 10 heteroatoms. The van der Waals surface area contributed by atoms with Crippen molar-refractivity contribution in [2.45, 2.75) is 54.9 Å². The summed E-state index contributed by atoms with van der Waals surface area (Å²) in [5, 5.41) is 3.12. The van der Waals surface area contributed by atoms with Gasteiger partial charge < -0.3 is 5.32 Å². The van der Waals surface area contributed by atoms with Gasteiger partial charge in [0.05, 0.1) is 10.5 Å². The highest BCUT2D eigenvalue weighted by atomic mass is 35.5. The lowest BCUT2D eigenvalue weighted by molar-refractivity contribution is -0.137. The van der Waals surface area contributed by atoms with E-state index in [9.17, 15) is 21.6 Å². The maximum atomic E-state index is 12.8. The normalized spacial score (nSPS) is 26.9. The van der Waals surface area contributed by atoms with Crippen LogP contribution in [-0.4, -0.2) is 26.5 Å². The number of halogens is 5. The van der Waals surface area contributed by atoms with E-state index >= 15 is 0 Å². The Morgan fingerprint density at radius 2 is 1.71 bits per heavy atom. The maximum absolute atomic E-state index is 12.8. The second-order valence-electron chi connectivity index (χ2n) is 6.10. The van der Waals surface area contributed by atoms with Crippen molar-refractivity contribution in [1.82, 2.24) is 10.0 Å². The molecule has 2 unspecified atom stereocenters. The van der Waals surface area contributed by atoms with Gasteiger partial charge in [-0.25, -0.2) is 13.1 Å². The molecule has 0 radical (unpaired) electrons. The fourth-order valence-corrected chi connectivity index (χ4v) is 4.95. The lowest BCUT2D eigenvalue weighted by atomic mass is 10.0. The van der Waals surface area contributed by atoms with Crippen molar-refractivity contribution >= 4 is 34.0 Å². The summed E-state index contributed by atoms with van der Waals surface area (Å²) in [7, 11) is -4.05. The van der Waals surface area contributed by atoms with Crippen molar-refractivity contribution in [2.24, 2.45) is 0 Å². The summed E-state index contributed by atoms with van der Waals surface area (Å²) < 4.78 is 65.8. The van der Waals surface area contributed by atoms with Gasteiger partial charge in [0, 0.05) is 23.1 Å². The van der Waals surface area contributed by atoms with Crippen LogP contribution in [0.2, 0.25) is 5.02 Å². The molecule has 0 aromatic heterocycles. The Morgan fingerprint density at radius 3 is 2.25 bits per heavy atom. The van der Waals surface area contributed by atoms with Crippen molar-refractivity contribution in [3.63, 3.8) is 0 Å². The van der Waals surface area contributed by atoms with Crippen LogP contribution >= 0.6 is 24.0 Å². The Bertz CT molecular complexity index is 700. The average Bonchev–Trinajstić information content (AvgIpc) is 2.76. The first-order chi connectivity index (χ1) is 10.6. The molecule has 0 amide bonds. The van der Waals surface area contributed by atoms with Crippen LogP contribution in [0.25, 0.3) is 0 Å². The zero-order chi connectivity index (χ0) is 16.8. The standard InChI is InChI=1S/C14H16ClF3N2O2S.ClH/c15-9-3-8(14(16,17)18)4-13(5-9)23(21,22)20-12-6-10-1-2-11(7-12)19-10;/h3-5,10-12,19-20H,1-2,6-7H2;1H. The molecule has 3 rings (SSSR count). The van der Waals surface area contributed by atoms with Crippen LogP contribution < -0.4 is 10.0 Å². The minimum atomic E-state index is -4.65. The number of benzene rings is 1. The summed E-state index contributed by atoms with van der Waals surface area (Å²) in [6, 6.07) is 2.63. The van der Waals surface area contributed by atoms with Crippen LogP contribution in [0.3, 0.4) is 0 Å². The predicted molar refractivity (Wildman–Crippen MR) is 87.0 cm³/mol. The van der Waals surface area contributed by atoms with E-state index in [-0.39, 0.29) is 35.6 Å². The van der Waals surface area contributed by atoms with Crippen molar-refractivity contribution in [1.29, 1.82) is 0 Å². The first kappa shape index (κ1) is 19.8. The van der Waals surface area contributed by atoms with E-state index in [2.05, 4.69) is 10.0 Å². The Kier molecular flexibility index (Phi) is 5.76. The topological polar surface area (TPSA) is 58.2 Å². The van der Waals surface area contributed by atoms with Gasteiger partial charge in [-0.15, -0.1) is 12.4 Å². The van der Waals surface area contributed by atoms with Crippen LogP contribution in [-0.2, 0) is 16.2 Å². The highest BCUT2D eigenvalue weighted by Gasteiger charge is 2.36. The van der Waals surface area contributed by atoms with Gasteiger partial charge >= 0.3 is 6.18 Å². The van der Waals surface area contributed by atoms with Gasteiger partial charge in [-0.1, -0.05) is 11.6 Å². The second kappa shape index (κ2) is 6.99. The van der Waals surface area contributed by atoms with E-state index in [4.69, 9.17) is 11.6 Å². The largest absolute Gasteiger partial charge is 0.416 e. The molecular formula is C14H17Cl2F3N2O2S. The molecule has 1 aromatic rings. The summed E-state index contributed by atoms with van der Waals surface area (Å²) in [5.41, 5.74) is -1.07. The third-order valence-corrected chi connectivity index (χ3v) is 6.02. The molecule has 0 saturated carbocycles. The molecule has 2 aliphatic heterocycles. The third-order valence-electron chi connectivity index (χ3n) is 4.30. The van der Waals surface area contributed by atoms with Crippen LogP contribution in [0.4, 0.5) is 13.2 Å². The van der Waals surface area contributed by atoms with Gasteiger partial charge in [0.1, 0.15) is 0 Å². The predicted octanol–water partition coefficient (Wildman–Crippen LogP) is 3.34. The molecule has 4 nitrogen and oxygen atoms in total. The monoisotopic (exact) mass is 404 g/mol. The zero-order valence-electron chi connectivity index (χ0n) is 12.4. The van der Waals surface area contributed by atoms with E-state index in [0.29, 0.717) is 25.0 Å². The fourth-order valence-electron chi connectivity index (χ4n) is 3.32. The van der Waals surface area contributed by atoms with E-state index in [0.717, 1.165) is 18.9 Å². The van der Waals surface area contributed by atoms with Crippen LogP contribution in [0.1, 0.15) is 31.2 Å². The number of alkyl halides is 3. The quantitative estimate of drug-likeness (QED) is 0.811. The summed E-state index contributed by atoms with van der Waals surface area (Å²) >= 11 is 5.66. The van der Waals surface area contributed by atoms with Crippen LogP contribution in [0.15, 0.2) is 23.1 Å². The molecule has 0 aliphatic carbocycles. The maximum Gasteiger partial charge on any atom is 0.416 e. The summed E-state index contributed by atoms with van der Waals surface area (Å²) in [4.78, 5) is -0.455. The summed E-state index contributed by atoms with van der Waals surface area (Å²) in [5.74, 6) is 0. The minimum Gasteiger partial charge on any atom is -0.311 e.